The van der Waals surface area contributed by atoms with Gasteiger partial charge in [0, 0.05) is 4.91 Å². The number of hydrogen-bond acceptors (Lipinski definition) is 3. The third-order valence-corrected chi connectivity index (χ3v) is 6.88. The molecule has 150 valence electrons. The largest absolute Gasteiger partial charge is 0.276 e. The lowest BCUT2D eigenvalue weighted by Gasteiger charge is -2.41. The summed E-state index contributed by atoms with van der Waals surface area (Å²) >= 11 is 7.52. The van der Waals surface area contributed by atoms with Crippen LogP contribution >= 0.6 is 23.4 Å². The van der Waals surface area contributed by atoms with Crippen molar-refractivity contribution >= 4 is 40.1 Å². The molecular weight excluding hydrogens is 414 g/mol. The second-order valence-corrected chi connectivity index (χ2v) is 8.67. The molecule has 1 aliphatic heterocycles. The number of para-hydroxylation sites is 1. The Morgan fingerprint density at radius 3 is 2.38 bits per heavy atom. The summed E-state index contributed by atoms with van der Waals surface area (Å²) in [5.41, 5.74) is -0.779. The zero-order valence-corrected chi connectivity index (χ0v) is 17.2. The lowest BCUT2D eigenvalue weighted by Crippen LogP contribution is -2.51. The zero-order chi connectivity index (χ0) is 20.6. The van der Waals surface area contributed by atoms with Crippen molar-refractivity contribution in [3.8, 4) is 0 Å². The molecule has 7 heteroatoms. The lowest BCUT2D eigenvalue weighted by molar-refractivity contribution is 0.0692. The van der Waals surface area contributed by atoms with Gasteiger partial charge in [0.15, 0.2) is 5.17 Å². The van der Waals surface area contributed by atoms with E-state index in [0.29, 0.717) is 28.7 Å². The predicted octanol–water partition coefficient (Wildman–Crippen LogP) is 6.71. The molecular formula is C22H19ClF2N2OS. The predicted molar refractivity (Wildman–Crippen MR) is 114 cm³/mol. The lowest BCUT2D eigenvalue weighted by atomic mass is 9.80. The molecule has 1 amide bonds. The van der Waals surface area contributed by atoms with Crippen LogP contribution in [0.3, 0.4) is 0 Å². The number of carbonyl (C=O) groups excluding carboxylic acids is 1. The van der Waals surface area contributed by atoms with Crippen molar-refractivity contribution in [3.63, 3.8) is 0 Å². The van der Waals surface area contributed by atoms with Crippen LogP contribution in [0.15, 0.2) is 58.9 Å². The van der Waals surface area contributed by atoms with Crippen LogP contribution in [0.1, 0.15) is 42.5 Å². The van der Waals surface area contributed by atoms with Crippen LogP contribution < -0.4 is 0 Å². The Balaban J connectivity index is 1.87. The summed E-state index contributed by atoms with van der Waals surface area (Å²) in [7, 11) is 0. The van der Waals surface area contributed by atoms with Crippen molar-refractivity contribution in [1.82, 2.24) is 4.90 Å². The van der Waals surface area contributed by atoms with Crippen LogP contribution in [0.4, 0.5) is 14.5 Å². The molecule has 0 atom stereocenters. The third kappa shape index (κ3) is 3.49. The van der Waals surface area contributed by atoms with E-state index in [1.54, 1.807) is 24.3 Å². The number of benzene rings is 2. The third-order valence-electron chi connectivity index (χ3n) is 5.48. The average Bonchev–Trinajstić information content (AvgIpc) is 2.95. The Morgan fingerprint density at radius 1 is 1.07 bits per heavy atom. The molecule has 1 spiro atoms. The SMILES string of the molecule is C=C1SC(=Nc2ccccc2Cl)N(C(=O)c2c(F)cccc2F)C12CCCCC2. The summed E-state index contributed by atoms with van der Waals surface area (Å²) in [6.07, 6.45) is 4.22. The first-order valence-corrected chi connectivity index (χ1v) is 10.6. The molecule has 0 aromatic heterocycles. The van der Waals surface area contributed by atoms with E-state index in [4.69, 9.17) is 11.6 Å². The summed E-state index contributed by atoms with van der Waals surface area (Å²) in [4.78, 5) is 20.3. The number of thioether (sulfide) groups is 1. The van der Waals surface area contributed by atoms with Gasteiger partial charge in [0.2, 0.25) is 0 Å². The van der Waals surface area contributed by atoms with E-state index in [-0.39, 0.29) is 0 Å². The van der Waals surface area contributed by atoms with Gasteiger partial charge in [-0.05, 0) is 37.1 Å². The first-order chi connectivity index (χ1) is 13.9. The fourth-order valence-electron chi connectivity index (χ4n) is 4.01. The maximum absolute atomic E-state index is 14.4. The minimum atomic E-state index is -0.888. The van der Waals surface area contributed by atoms with Crippen molar-refractivity contribution in [2.75, 3.05) is 0 Å². The number of amides is 1. The highest BCUT2D eigenvalue weighted by Gasteiger charge is 2.52. The molecule has 0 radical (unpaired) electrons. The highest BCUT2D eigenvalue weighted by molar-refractivity contribution is 8.17. The normalized spacial score (nSPS) is 19.9. The topological polar surface area (TPSA) is 32.7 Å². The highest BCUT2D eigenvalue weighted by atomic mass is 35.5. The molecule has 2 aromatic carbocycles. The number of aliphatic imine (C=N–C) groups is 1. The number of halogens is 3. The van der Waals surface area contributed by atoms with Crippen molar-refractivity contribution < 1.29 is 13.6 Å². The van der Waals surface area contributed by atoms with Gasteiger partial charge in [-0.2, -0.15) is 0 Å². The number of rotatable bonds is 2. The van der Waals surface area contributed by atoms with Gasteiger partial charge in [0.1, 0.15) is 17.2 Å². The van der Waals surface area contributed by atoms with Crippen LogP contribution in [0.2, 0.25) is 5.02 Å². The Morgan fingerprint density at radius 2 is 1.72 bits per heavy atom. The molecule has 2 aromatic rings. The Labute approximate surface area is 177 Å². The number of carbonyl (C=O) groups is 1. The summed E-state index contributed by atoms with van der Waals surface area (Å²) in [6, 6.07) is 10.4. The van der Waals surface area contributed by atoms with Crippen molar-refractivity contribution in [3.05, 3.63) is 76.2 Å². The fourth-order valence-corrected chi connectivity index (χ4v) is 5.39. The first-order valence-electron chi connectivity index (χ1n) is 9.43. The molecule has 2 aliphatic rings. The number of nitrogens with zero attached hydrogens (tertiary/aromatic N) is 2. The van der Waals surface area contributed by atoms with Crippen molar-refractivity contribution in [2.24, 2.45) is 4.99 Å². The van der Waals surface area contributed by atoms with E-state index >= 15 is 0 Å². The summed E-state index contributed by atoms with van der Waals surface area (Å²) < 4.78 is 28.9. The molecule has 1 heterocycles. The fraction of sp³-hybridized carbons (Fsp3) is 0.273. The molecule has 0 unspecified atom stereocenters. The summed E-state index contributed by atoms with van der Waals surface area (Å²) in [5.74, 6) is -2.51. The van der Waals surface area contributed by atoms with E-state index in [0.717, 1.165) is 36.3 Å². The van der Waals surface area contributed by atoms with Gasteiger partial charge < -0.3 is 0 Å². The van der Waals surface area contributed by atoms with Crippen LogP contribution in [0.25, 0.3) is 0 Å². The maximum Gasteiger partial charge on any atom is 0.266 e. The number of hydrogen-bond donors (Lipinski definition) is 0. The molecule has 0 bridgehead atoms. The van der Waals surface area contributed by atoms with Crippen LogP contribution in [-0.2, 0) is 0 Å². The molecule has 4 rings (SSSR count). The summed E-state index contributed by atoms with van der Waals surface area (Å²) in [6.45, 7) is 4.18. The van der Waals surface area contributed by atoms with Gasteiger partial charge >= 0.3 is 0 Å². The van der Waals surface area contributed by atoms with Crippen LogP contribution in [-0.4, -0.2) is 21.5 Å². The molecule has 1 aliphatic carbocycles. The Hall–Kier alpha value is -2.18. The zero-order valence-electron chi connectivity index (χ0n) is 15.6. The first kappa shape index (κ1) is 20.1. The summed E-state index contributed by atoms with van der Waals surface area (Å²) in [5, 5.41) is 0.776. The Kier molecular flexibility index (Phi) is 5.49. The minimum Gasteiger partial charge on any atom is -0.276 e. The smallest absolute Gasteiger partial charge is 0.266 e. The van der Waals surface area contributed by atoms with Gasteiger partial charge in [-0.15, -0.1) is 0 Å². The highest BCUT2D eigenvalue weighted by Crippen LogP contribution is 2.51. The quantitative estimate of drug-likeness (QED) is 0.528. The van der Waals surface area contributed by atoms with Gasteiger partial charge in [0.05, 0.1) is 16.2 Å². The standard InChI is InChI=1S/C22H19ClF2N2OS/c1-14-22(12-5-2-6-13-22)27(20(28)19-16(24)9-7-10-17(19)25)21(29-14)26-18-11-4-3-8-15(18)23/h3-4,7-11H,1-2,5-6,12-13H2. The average molecular weight is 433 g/mol. The molecule has 29 heavy (non-hydrogen) atoms. The van der Waals surface area contributed by atoms with Gasteiger partial charge in [-0.3, -0.25) is 9.69 Å². The second kappa shape index (κ2) is 7.92. The van der Waals surface area contributed by atoms with E-state index < -0.39 is 28.6 Å². The van der Waals surface area contributed by atoms with E-state index in [1.165, 1.54) is 22.7 Å². The van der Waals surface area contributed by atoms with Crippen LogP contribution in [0.5, 0.6) is 0 Å². The monoisotopic (exact) mass is 432 g/mol. The maximum atomic E-state index is 14.4. The Bertz CT molecular complexity index is 997. The van der Waals surface area contributed by atoms with Crippen LogP contribution in [0, 0.1) is 11.6 Å². The molecule has 1 saturated heterocycles. The van der Waals surface area contributed by atoms with Gasteiger partial charge in [-0.1, -0.05) is 67.4 Å². The van der Waals surface area contributed by atoms with Crippen molar-refractivity contribution in [2.45, 2.75) is 37.6 Å². The molecule has 1 saturated carbocycles. The molecule has 0 N–H and O–H groups in total. The molecule has 2 fully saturated rings. The second-order valence-electron chi connectivity index (χ2n) is 7.20. The van der Waals surface area contributed by atoms with E-state index in [1.807, 2.05) is 0 Å². The van der Waals surface area contributed by atoms with E-state index in [2.05, 4.69) is 11.6 Å². The van der Waals surface area contributed by atoms with Gasteiger partial charge in [-0.25, -0.2) is 13.8 Å². The van der Waals surface area contributed by atoms with E-state index in [9.17, 15) is 13.6 Å². The molecule has 3 nitrogen and oxygen atoms in total. The van der Waals surface area contributed by atoms with Gasteiger partial charge in [0.25, 0.3) is 5.91 Å². The van der Waals surface area contributed by atoms with Crippen molar-refractivity contribution in [1.29, 1.82) is 0 Å². The number of amidine groups is 1. The minimum absolute atomic E-state index is 0.345.